The summed E-state index contributed by atoms with van der Waals surface area (Å²) in [5, 5.41) is 9.39. The number of ether oxygens (including phenoxy) is 1. The summed E-state index contributed by atoms with van der Waals surface area (Å²) < 4.78 is 5.19. The molecule has 1 aromatic heterocycles. The van der Waals surface area contributed by atoms with Crippen molar-refractivity contribution in [2.75, 3.05) is 23.0 Å². The molecule has 0 radical (unpaired) electrons. The number of para-hydroxylation sites is 1. The molecule has 0 unspecified atom stereocenters. The zero-order chi connectivity index (χ0) is 19.2. The normalized spacial score (nSPS) is 10.2. The molecule has 3 aromatic rings. The van der Waals surface area contributed by atoms with E-state index in [2.05, 4.69) is 25.9 Å². The highest BCUT2D eigenvalue weighted by molar-refractivity contribution is 6.42. The number of anilines is 4. The summed E-state index contributed by atoms with van der Waals surface area (Å²) in [5.41, 5.74) is 1.05. The number of carbonyl (C=O) groups excluding carboxylic acids is 1. The van der Waals surface area contributed by atoms with Crippen molar-refractivity contribution in [2.45, 2.75) is 0 Å². The molecule has 7 nitrogen and oxygen atoms in total. The first-order valence-electron chi connectivity index (χ1n) is 7.86. The van der Waals surface area contributed by atoms with E-state index >= 15 is 0 Å². The molecule has 0 saturated heterocycles. The molecule has 9 heteroatoms. The van der Waals surface area contributed by atoms with Gasteiger partial charge in [-0.1, -0.05) is 41.4 Å². The highest BCUT2D eigenvalue weighted by atomic mass is 35.5. The van der Waals surface area contributed by atoms with E-state index in [0.29, 0.717) is 38.9 Å². The summed E-state index contributed by atoms with van der Waals surface area (Å²) in [6.45, 7) is 0. The van der Waals surface area contributed by atoms with Crippen LogP contribution in [0.1, 0.15) is 0 Å². The van der Waals surface area contributed by atoms with Crippen LogP contribution in [0.5, 0.6) is 5.75 Å². The summed E-state index contributed by atoms with van der Waals surface area (Å²) in [6, 6.07) is 13.8. The Morgan fingerprint density at radius 1 is 1.07 bits per heavy atom. The van der Waals surface area contributed by atoms with E-state index in [4.69, 9.17) is 27.9 Å². The van der Waals surface area contributed by atoms with Crippen LogP contribution < -0.4 is 20.7 Å². The third-order valence-corrected chi connectivity index (χ3v) is 4.13. The maximum atomic E-state index is 12.0. The average Bonchev–Trinajstić information content (AvgIpc) is 2.66. The number of benzene rings is 2. The van der Waals surface area contributed by atoms with Crippen LogP contribution in [-0.4, -0.2) is 23.1 Å². The average molecular weight is 404 g/mol. The van der Waals surface area contributed by atoms with Gasteiger partial charge in [0.05, 0.1) is 16.2 Å². The van der Waals surface area contributed by atoms with Gasteiger partial charge >= 0.3 is 6.09 Å². The van der Waals surface area contributed by atoms with Gasteiger partial charge in [0.15, 0.2) is 5.82 Å². The van der Waals surface area contributed by atoms with Crippen molar-refractivity contribution >= 4 is 52.4 Å². The lowest BCUT2D eigenvalue weighted by atomic mass is 10.3. The van der Waals surface area contributed by atoms with Crippen molar-refractivity contribution in [3.63, 3.8) is 0 Å². The summed E-state index contributed by atoms with van der Waals surface area (Å²) in [4.78, 5) is 20.5. The van der Waals surface area contributed by atoms with Gasteiger partial charge in [-0.3, -0.25) is 5.32 Å². The Hall–Kier alpha value is -3.03. The van der Waals surface area contributed by atoms with Crippen LogP contribution in [-0.2, 0) is 0 Å². The molecule has 1 amide bonds. The third kappa shape index (κ3) is 4.99. The van der Waals surface area contributed by atoms with E-state index in [-0.39, 0.29) is 0 Å². The minimum absolute atomic E-state index is 0.319. The van der Waals surface area contributed by atoms with Crippen LogP contribution in [0, 0.1) is 0 Å². The number of hydrogen-bond acceptors (Lipinski definition) is 6. The van der Waals surface area contributed by atoms with Gasteiger partial charge in [0.25, 0.3) is 0 Å². The van der Waals surface area contributed by atoms with Crippen molar-refractivity contribution in [2.24, 2.45) is 0 Å². The lowest BCUT2D eigenvalue weighted by Crippen LogP contribution is -2.18. The van der Waals surface area contributed by atoms with Gasteiger partial charge in [-0.2, -0.15) is 4.98 Å². The minimum Gasteiger partial charge on any atom is -0.410 e. The molecule has 0 aliphatic heterocycles. The van der Waals surface area contributed by atoms with Crippen LogP contribution in [0.4, 0.5) is 27.9 Å². The van der Waals surface area contributed by atoms with Crippen LogP contribution in [0.3, 0.4) is 0 Å². The summed E-state index contributed by atoms with van der Waals surface area (Å²) in [6.07, 6.45) is 0.816. The minimum atomic E-state index is -0.647. The first kappa shape index (κ1) is 18.8. The lowest BCUT2D eigenvalue weighted by molar-refractivity contribution is 0.215. The molecule has 3 rings (SSSR count). The van der Waals surface area contributed by atoms with Gasteiger partial charge in [-0.25, -0.2) is 9.78 Å². The number of nitrogens with zero attached hydrogens (tertiary/aromatic N) is 2. The Bertz CT molecular complexity index is 954. The topological polar surface area (TPSA) is 88.2 Å². The van der Waals surface area contributed by atoms with Crippen LogP contribution in [0.2, 0.25) is 10.0 Å². The standard InChI is InChI=1S/C18H15Cl2N5O2/c1-21-16-15(24-18(26)27-12-5-3-2-4-6-12)10-22-17(25-16)23-11-7-8-13(19)14(20)9-11/h2-10H,1H3,(H,24,26)(H2,21,22,23,25). The van der Waals surface area contributed by atoms with Crippen LogP contribution in [0.15, 0.2) is 54.7 Å². The maximum Gasteiger partial charge on any atom is 0.417 e. The quantitative estimate of drug-likeness (QED) is 0.543. The van der Waals surface area contributed by atoms with E-state index in [0.717, 1.165) is 0 Å². The van der Waals surface area contributed by atoms with Gasteiger partial charge in [0.1, 0.15) is 11.4 Å². The van der Waals surface area contributed by atoms with Crippen molar-refractivity contribution in [3.05, 3.63) is 64.8 Å². The zero-order valence-corrected chi connectivity index (χ0v) is 15.7. The summed E-state index contributed by atoms with van der Waals surface area (Å²) in [5.74, 6) is 1.16. The molecule has 0 aliphatic rings. The third-order valence-electron chi connectivity index (χ3n) is 3.39. The second-order valence-corrected chi connectivity index (χ2v) is 6.10. The number of halogens is 2. The van der Waals surface area contributed by atoms with Gasteiger partial charge < -0.3 is 15.4 Å². The number of hydrogen-bond donors (Lipinski definition) is 3. The fraction of sp³-hybridized carbons (Fsp3) is 0.0556. The van der Waals surface area contributed by atoms with E-state index in [1.807, 2.05) is 6.07 Å². The van der Waals surface area contributed by atoms with E-state index < -0.39 is 6.09 Å². The molecular formula is C18H15Cl2N5O2. The number of nitrogens with one attached hydrogen (secondary N) is 3. The smallest absolute Gasteiger partial charge is 0.410 e. The number of aromatic nitrogens is 2. The SMILES string of the molecule is CNc1nc(Nc2ccc(Cl)c(Cl)c2)ncc1NC(=O)Oc1ccccc1. The van der Waals surface area contributed by atoms with Gasteiger partial charge in [0, 0.05) is 12.7 Å². The zero-order valence-electron chi connectivity index (χ0n) is 14.2. The Kier molecular flexibility index (Phi) is 5.95. The van der Waals surface area contributed by atoms with Gasteiger partial charge in [-0.05, 0) is 30.3 Å². The summed E-state index contributed by atoms with van der Waals surface area (Å²) in [7, 11) is 1.68. The first-order valence-corrected chi connectivity index (χ1v) is 8.61. The Balaban J connectivity index is 1.71. The molecular weight excluding hydrogens is 389 g/mol. The monoisotopic (exact) mass is 403 g/mol. The van der Waals surface area contributed by atoms with Crippen molar-refractivity contribution in [3.8, 4) is 5.75 Å². The van der Waals surface area contributed by atoms with Crippen molar-refractivity contribution in [1.29, 1.82) is 0 Å². The first-order chi connectivity index (χ1) is 13.0. The van der Waals surface area contributed by atoms with Crippen LogP contribution >= 0.6 is 23.2 Å². The van der Waals surface area contributed by atoms with E-state index in [1.54, 1.807) is 49.5 Å². The number of rotatable bonds is 5. The molecule has 0 atom stereocenters. The van der Waals surface area contributed by atoms with E-state index in [1.165, 1.54) is 6.20 Å². The number of amides is 1. The molecule has 0 spiro atoms. The highest BCUT2D eigenvalue weighted by Crippen LogP contribution is 2.27. The molecule has 27 heavy (non-hydrogen) atoms. The maximum absolute atomic E-state index is 12.0. The molecule has 138 valence electrons. The molecule has 1 heterocycles. The Labute approximate surface area is 165 Å². The Morgan fingerprint density at radius 3 is 2.56 bits per heavy atom. The largest absolute Gasteiger partial charge is 0.417 e. The molecule has 2 aromatic carbocycles. The lowest BCUT2D eigenvalue weighted by Gasteiger charge is -2.12. The van der Waals surface area contributed by atoms with Crippen molar-refractivity contribution < 1.29 is 9.53 Å². The predicted molar refractivity (Wildman–Crippen MR) is 107 cm³/mol. The van der Waals surface area contributed by atoms with Crippen LogP contribution in [0.25, 0.3) is 0 Å². The van der Waals surface area contributed by atoms with E-state index in [9.17, 15) is 4.79 Å². The summed E-state index contributed by atoms with van der Waals surface area (Å²) >= 11 is 11.9. The molecule has 0 fully saturated rings. The van der Waals surface area contributed by atoms with Gasteiger partial charge in [0.2, 0.25) is 5.95 Å². The Morgan fingerprint density at radius 2 is 1.85 bits per heavy atom. The fourth-order valence-electron chi connectivity index (χ4n) is 2.16. The van der Waals surface area contributed by atoms with Gasteiger partial charge in [-0.15, -0.1) is 0 Å². The second kappa shape index (κ2) is 8.57. The van der Waals surface area contributed by atoms with Crippen molar-refractivity contribution in [1.82, 2.24) is 9.97 Å². The highest BCUT2D eigenvalue weighted by Gasteiger charge is 2.11. The molecule has 0 aliphatic carbocycles. The molecule has 3 N–H and O–H groups in total. The molecule has 0 saturated carbocycles. The predicted octanol–water partition coefficient (Wildman–Crippen LogP) is 5.18. The number of carbonyl (C=O) groups is 1. The fourth-order valence-corrected chi connectivity index (χ4v) is 2.46. The molecule has 0 bridgehead atoms. The second-order valence-electron chi connectivity index (χ2n) is 5.29.